The summed E-state index contributed by atoms with van der Waals surface area (Å²) in [6.45, 7) is 5.28. The number of pyridine rings is 1. The lowest BCUT2D eigenvalue weighted by atomic mass is 9.93. The monoisotopic (exact) mass is 308 g/mol. The fourth-order valence-electron chi connectivity index (χ4n) is 2.77. The Balaban J connectivity index is 2.15. The van der Waals surface area contributed by atoms with Crippen LogP contribution in [0.1, 0.15) is 20.3 Å². The molecular weight excluding hydrogens is 288 g/mol. The second-order valence-electron chi connectivity index (χ2n) is 6.20. The summed E-state index contributed by atoms with van der Waals surface area (Å²) >= 11 is 0. The molecule has 21 heavy (non-hydrogen) atoms. The molecule has 0 aliphatic carbocycles. The maximum absolute atomic E-state index is 13.0. The zero-order valence-electron chi connectivity index (χ0n) is 12.5. The van der Waals surface area contributed by atoms with Crippen molar-refractivity contribution in [3.05, 3.63) is 24.4 Å². The molecule has 0 spiro atoms. The molecule has 0 amide bonds. The second-order valence-corrected chi connectivity index (χ2v) is 8.05. The molecule has 1 saturated heterocycles. The van der Waals surface area contributed by atoms with Gasteiger partial charge in [0, 0.05) is 26.3 Å². The van der Waals surface area contributed by atoms with Gasteiger partial charge in [0.1, 0.15) is 5.65 Å². The lowest BCUT2D eigenvalue weighted by molar-refractivity contribution is 0.375. The largest absolute Gasteiger partial charge is 0.371 e. The highest BCUT2D eigenvalue weighted by molar-refractivity contribution is 7.89. The summed E-state index contributed by atoms with van der Waals surface area (Å²) < 4.78 is 29.2. The third-order valence-corrected chi connectivity index (χ3v) is 5.82. The van der Waals surface area contributed by atoms with Crippen LogP contribution in [0.4, 0.5) is 5.82 Å². The van der Waals surface area contributed by atoms with E-state index in [0.29, 0.717) is 24.6 Å². The number of nitrogens with one attached hydrogen (secondary N) is 1. The predicted molar refractivity (Wildman–Crippen MR) is 81.9 cm³/mol. The Morgan fingerprint density at radius 3 is 2.71 bits per heavy atom. The summed E-state index contributed by atoms with van der Waals surface area (Å²) in [5, 5.41) is 3.12. The van der Waals surface area contributed by atoms with Gasteiger partial charge in [-0.1, -0.05) is 19.9 Å². The van der Waals surface area contributed by atoms with Crippen LogP contribution in [-0.4, -0.2) is 42.2 Å². The topological polar surface area (TPSA) is 66.7 Å². The Morgan fingerprint density at radius 2 is 2.10 bits per heavy atom. The van der Waals surface area contributed by atoms with Crippen LogP contribution in [-0.2, 0) is 10.0 Å². The van der Waals surface area contributed by atoms with E-state index in [1.807, 2.05) is 6.07 Å². The summed E-state index contributed by atoms with van der Waals surface area (Å²) in [7, 11) is -1.88. The maximum atomic E-state index is 13.0. The van der Waals surface area contributed by atoms with Crippen molar-refractivity contribution in [1.29, 1.82) is 0 Å². The van der Waals surface area contributed by atoms with Crippen molar-refractivity contribution in [2.75, 3.05) is 25.5 Å². The molecule has 3 heterocycles. The Hall–Kier alpha value is -1.60. The molecule has 0 bridgehead atoms. The first-order valence-electron chi connectivity index (χ1n) is 7.00. The van der Waals surface area contributed by atoms with Gasteiger partial charge in [-0.25, -0.2) is 13.4 Å². The molecule has 114 valence electrons. The molecule has 0 unspecified atom stereocenters. The van der Waals surface area contributed by atoms with E-state index in [0.717, 1.165) is 6.42 Å². The quantitative estimate of drug-likeness (QED) is 0.939. The van der Waals surface area contributed by atoms with Gasteiger partial charge in [-0.05, 0) is 24.0 Å². The highest BCUT2D eigenvalue weighted by Gasteiger charge is 2.39. The molecule has 1 N–H and O–H groups in total. The summed E-state index contributed by atoms with van der Waals surface area (Å²) in [5.74, 6) is 0.394. The average Bonchev–Trinajstić information content (AvgIpc) is 2.98. The molecule has 1 aliphatic heterocycles. The van der Waals surface area contributed by atoms with Crippen LogP contribution in [0.15, 0.2) is 29.4 Å². The second kappa shape index (κ2) is 4.71. The normalized spacial score (nSPS) is 19.2. The van der Waals surface area contributed by atoms with Crippen LogP contribution in [0, 0.1) is 5.41 Å². The number of hydrogen-bond donors (Lipinski definition) is 1. The van der Waals surface area contributed by atoms with Crippen LogP contribution in [0.3, 0.4) is 0 Å². The van der Waals surface area contributed by atoms with E-state index in [9.17, 15) is 8.42 Å². The SMILES string of the molecule is CNc1nc2ccccn2c1S(=O)(=O)N1CCC(C)(C)C1. The number of aromatic nitrogens is 2. The van der Waals surface area contributed by atoms with Gasteiger partial charge >= 0.3 is 0 Å². The molecule has 1 fully saturated rings. The third-order valence-electron chi connectivity index (χ3n) is 3.95. The van der Waals surface area contributed by atoms with Crippen molar-refractivity contribution in [3.63, 3.8) is 0 Å². The van der Waals surface area contributed by atoms with Crippen molar-refractivity contribution < 1.29 is 8.42 Å². The average molecular weight is 308 g/mol. The minimum Gasteiger partial charge on any atom is -0.371 e. The Morgan fingerprint density at radius 1 is 1.33 bits per heavy atom. The summed E-state index contributed by atoms with van der Waals surface area (Å²) in [4.78, 5) is 4.35. The van der Waals surface area contributed by atoms with E-state index < -0.39 is 10.0 Å². The molecule has 0 radical (unpaired) electrons. The standard InChI is InChI=1S/C14H20N4O2S/c1-14(2)7-9-17(10-14)21(19,20)13-12(15-3)16-11-6-4-5-8-18(11)13/h4-6,8,15H,7,9-10H2,1-3H3. The number of hydrogen-bond acceptors (Lipinski definition) is 4. The van der Waals surface area contributed by atoms with Gasteiger partial charge < -0.3 is 5.32 Å². The molecule has 7 heteroatoms. The number of nitrogens with zero attached hydrogens (tertiary/aromatic N) is 3. The first-order valence-corrected chi connectivity index (χ1v) is 8.44. The fraction of sp³-hybridized carbons (Fsp3) is 0.500. The van der Waals surface area contributed by atoms with Crippen LogP contribution in [0.25, 0.3) is 5.65 Å². The molecular formula is C14H20N4O2S. The maximum Gasteiger partial charge on any atom is 0.262 e. The first-order chi connectivity index (χ1) is 9.85. The zero-order chi connectivity index (χ0) is 15.3. The number of rotatable bonds is 3. The molecule has 0 saturated carbocycles. The van der Waals surface area contributed by atoms with Crippen molar-refractivity contribution in [2.45, 2.75) is 25.3 Å². The van der Waals surface area contributed by atoms with E-state index in [-0.39, 0.29) is 10.4 Å². The van der Waals surface area contributed by atoms with Gasteiger partial charge in [-0.2, -0.15) is 4.31 Å². The lowest BCUT2D eigenvalue weighted by Crippen LogP contribution is -2.31. The number of imidazole rings is 1. The smallest absolute Gasteiger partial charge is 0.262 e. The van der Waals surface area contributed by atoms with Crippen LogP contribution >= 0.6 is 0 Å². The summed E-state index contributed by atoms with van der Waals surface area (Å²) in [6.07, 6.45) is 2.61. The molecule has 0 aromatic carbocycles. The number of fused-ring (bicyclic) bond motifs is 1. The lowest BCUT2D eigenvalue weighted by Gasteiger charge is -2.19. The Kier molecular flexibility index (Phi) is 3.22. The molecule has 2 aromatic rings. The van der Waals surface area contributed by atoms with Crippen LogP contribution in [0.2, 0.25) is 0 Å². The minimum absolute atomic E-state index is 0.0212. The van der Waals surface area contributed by atoms with Gasteiger partial charge in [-0.3, -0.25) is 4.40 Å². The number of sulfonamides is 1. The van der Waals surface area contributed by atoms with E-state index in [4.69, 9.17) is 0 Å². The molecule has 1 aliphatic rings. The fourth-order valence-corrected chi connectivity index (χ4v) is 4.66. The third kappa shape index (κ3) is 2.30. The van der Waals surface area contributed by atoms with Crippen molar-refractivity contribution in [1.82, 2.24) is 13.7 Å². The molecule has 3 rings (SSSR count). The molecule has 2 aromatic heterocycles. The summed E-state index contributed by atoms with van der Waals surface area (Å²) in [6, 6.07) is 5.45. The Labute approximate surface area is 124 Å². The predicted octanol–water partition coefficient (Wildman–Crippen LogP) is 1.80. The van der Waals surface area contributed by atoms with E-state index >= 15 is 0 Å². The van der Waals surface area contributed by atoms with E-state index in [2.05, 4.69) is 24.1 Å². The van der Waals surface area contributed by atoms with Gasteiger partial charge in [0.05, 0.1) is 0 Å². The number of anilines is 1. The highest BCUT2D eigenvalue weighted by atomic mass is 32.2. The van der Waals surface area contributed by atoms with Crippen molar-refractivity contribution >= 4 is 21.5 Å². The zero-order valence-corrected chi connectivity index (χ0v) is 13.3. The van der Waals surface area contributed by atoms with Crippen LogP contribution < -0.4 is 5.32 Å². The van der Waals surface area contributed by atoms with Gasteiger partial charge in [0.2, 0.25) is 0 Å². The Bertz CT molecular complexity index is 779. The van der Waals surface area contributed by atoms with Crippen LogP contribution in [0.5, 0.6) is 0 Å². The highest BCUT2D eigenvalue weighted by Crippen LogP contribution is 2.34. The van der Waals surface area contributed by atoms with Crippen molar-refractivity contribution in [2.24, 2.45) is 5.41 Å². The van der Waals surface area contributed by atoms with E-state index in [1.165, 1.54) is 0 Å². The van der Waals surface area contributed by atoms with Gasteiger partial charge in [0.15, 0.2) is 10.8 Å². The van der Waals surface area contributed by atoms with Gasteiger partial charge in [-0.15, -0.1) is 0 Å². The molecule has 0 atom stereocenters. The van der Waals surface area contributed by atoms with Gasteiger partial charge in [0.25, 0.3) is 10.0 Å². The van der Waals surface area contributed by atoms with Crippen molar-refractivity contribution in [3.8, 4) is 0 Å². The first kappa shape index (κ1) is 14.3. The summed E-state index contributed by atoms with van der Waals surface area (Å²) in [5.41, 5.74) is 0.645. The van der Waals surface area contributed by atoms with E-state index in [1.54, 1.807) is 34.1 Å². The minimum atomic E-state index is -3.56. The molecule has 6 nitrogen and oxygen atoms in total.